The van der Waals surface area contributed by atoms with Gasteiger partial charge in [-0.1, -0.05) is 30.3 Å². The van der Waals surface area contributed by atoms with Crippen LogP contribution in [-0.4, -0.2) is 31.3 Å². The quantitative estimate of drug-likeness (QED) is 0.435. The second-order valence-corrected chi connectivity index (χ2v) is 3.44. The van der Waals surface area contributed by atoms with Crippen molar-refractivity contribution in [2.45, 2.75) is 12.3 Å². The van der Waals surface area contributed by atoms with Crippen LogP contribution < -0.4 is 5.73 Å². The molecule has 0 amide bonds. The van der Waals surface area contributed by atoms with Gasteiger partial charge in [0.15, 0.2) is 6.23 Å². The van der Waals surface area contributed by atoms with E-state index in [2.05, 4.69) is 0 Å². The summed E-state index contributed by atoms with van der Waals surface area (Å²) < 4.78 is 10.1. The van der Waals surface area contributed by atoms with E-state index in [0.29, 0.717) is 18.8 Å². The number of nitrogens with two attached hydrogens (primary N) is 1. The lowest BCUT2D eigenvalue weighted by Gasteiger charge is -2.10. The van der Waals surface area contributed by atoms with Crippen LogP contribution in [0.1, 0.15) is 10.4 Å². The molecule has 1 heterocycles. The van der Waals surface area contributed by atoms with Crippen LogP contribution in [0.2, 0.25) is 0 Å². The molecule has 4 heteroatoms. The lowest BCUT2D eigenvalue weighted by atomic mass is 10.1. The SMILES string of the molecule is NC(OCC1CO1)C(=O)c1ccccc1. The van der Waals surface area contributed by atoms with E-state index in [4.69, 9.17) is 15.2 Å². The molecule has 2 rings (SSSR count). The minimum atomic E-state index is -0.892. The van der Waals surface area contributed by atoms with Crippen LogP contribution in [0, 0.1) is 0 Å². The third kappa shape index (κ3) is 2.86. The largest absolute Gasteiger partial charge is 0.371 e. The number of rotatable bonds is 5. The van der Waals surface area contributed by atoms with Crippen LogP contribution >= 0.6 is 0 Å². The second kappa shape index (κ2) is 4.53. The molecule has 0 spiro atoms. The highest BCUT2D eigenvalue weighted by molar-refractivity contribution is 5.98. The zero-order valence-electron chi connectivity index (χ0n) is 8.26. The fourth-order valence-corrected chi connectivity index (χ4v) is 1.22. The normalized spacial score (nSPS) is 21.0. The summed E-state index contributed by atoms with van der Waals surface area (Å²) in [6.45, 7) is 1.09. The molecule has 0 aliphatic carbocycles. The lowest BCUT2D eigenvalue weighted by Crippen LogP contribution is -2.34. The van der Waals surface area contributed by atoms with Crippen LogP contribution in [0.4, 0.5) is 0 Å². The zero-order chi connectivity index (χ0) is 10.7. The lowest BCUT2D eigenvalue weighted by molar-refractivity contribution is 0.0379. The second-order valence-electron chi connectivity index (χ2n) is 3.44. The molecule has 1 aliphatic heterocycles. The van der Waals surface area contributed by atoms with Gasteiger partial charge in [0.1, 0.15) is 6.10 Å². The van der Waals surface area contributed by atoms with Gasteiger partial charge in [-0.15, -0.1) is 0 Å². The Hall–Kier alpha value is -1.23. The Morgan fingerprint density at radius 1 is 1.53 bits per heavy atom. The molecular weight excluding hydrogens is 194 g/mol. The summed E-state index contributed by atoms with van der Waals surface area (Å²) in [6.07, 6.45) is -0.767. The van der Waals surface area contributed by atoms with Crippen molar-refractivity contribution in [3.05, 3.63) is 35.9 Å². The van der Waals surface area contributed by atoms with E-state index in [-0.39, 0.29) is 11.9 Å². The van der Waals surface area contributed by atoms with Gasteiger partial charge in [-0.3, -0.25) is 10.5 Å². The number of carbonyl (C=O) groups excluding carboxylic acids is 1. The highest BCUT2D eigenvalue weighted by atomic mass is 16.6. The van der Waals surface area contributed by atoms with E-state index in [1.807, 2.05) is 6.07 Å². The summed E-state index contributed by atoms with van der Waals surface area (Å²) in [5.41, 5.74) is 6.17. The fourth-order valence-electron chi connectivity index (χ4n) is 1.22. The molecule has 2 N–H and O–H groups in total. The van der Waals surface area contributed by atoms with Crippen molar-refractivity contribution < 1.29 is 14.3 Å². The summed E-state index contributed by atoms with van der Waals surface area (Å²) >= 11 is 0. The molecule has 4 nitrogen and oxygen atoms in total. The van der Waals surface area contributed by atoms with Gasteiger partial charge < -0.3 is 9.47 Å². The zero-order valence-corrected chi connectivity index (χ0v) is 8.26. The summed E-state index contributed by atoms with van der Waals surface area (Å²) in [6, 6.07) is 8.88. The van der Waals surface area contributed by atoms with Crippen LogP contribution in [-0.2, 0) is 9.47 Å². The summed E-state index contributed by atoms with van der Waals surface area (Å²) in [5, 5.41) is 0. The highest BCUT2D eigenvalue weighted by Crippen LogP contribution is 2.10. The minimum absolute atomic E-state index is 0.125. The number of ketones is 1. The monoisotopic (exact) mass is 207 g/mol. The van der Waals surface area contributed by atoms with Crippen LogP contribution in [0.3, 0.4) is 0 Å². The van der Waals surface area contributed by atoms with Crippen molar-refractivity contribution in [3.63, 3.8) is 0 Å². The Bertz CT molecular complexity index is 335. The molecule has 1 aromatic carbocycles. The maximum atomic E-state index is 11.7. The van der Waals surface area contributed by atoms with E-state index in [1.54, 1.807) is 24.3 Å². The van der Waals surface area contributed by atoms with Crippen molar-refractivity contribution in [2.75, 3.05) is 13.2 Å². The molecule has 0 bridgehead atoms. The third-order valence-corrected chi connectivity index (χ3v) is 2.18. The predicted octanol–water partition coefficient (Wildman–Crippen LogP) is 0.569. The van der Waals surface area contributed by atoms with Crippen molar-refractivity contribution in [2.24, 2.45) is 5.73 Å². The smallest absolute Gasteiger partial charge is 0.206 e. The van der Waals surface area contributed by atoms with Crippen molar-refractivity contribution in [1.82, 2.24) is 0 Å². The number of hydrogen-bond acceptors (Lipinski definition) is 4. The Labute approximate surface area is 88.0 Å². The van der Waals surface area contributed by atoms with Gasteiger partial charge in [0.2, 0.25) is 5.78 Å². The van der Waals surface area contributed by atoms with E-state index in [1.165, 1.54) is 0 Å². The Kier molecular flexibility index (Phi) is 3.11. The molecule has 1 aromatic rings. The number of Topliss-reactive ketones (excluding diaryl/α,β-unsaturated/α-hetero) is 1. The summed E-state index contributed by atoms with van der Waals surface area (Å²) in [5.74, 6) is -0.198. The summed E-state index contributed by atoms with van der Waals surface area (Å²) in [4.78, 5) is 11.7. The summed E-state index contributed by atoms with van der Waals surface area (Å²) in [7, 11) is 0. The molecule has 0 aromatic heterocycles. The highest BCUT2D eigenvalue weighted by Gasteiger charge is 2.25. The number of epoxide rings is 1. The number of carbonyl (C=O) groups is 1. The van der Waals surface area contributed by atoms with E-state index in [9.17, 15) is 4.79 Å². The average Bonchev–Trinajstić information content (AvgIpc) is 3.10. The van der Waals surface area contributed by atoms with E-state index >= 15 is 0 Å². The van der Waals surface area contributed by atoms with Crippen LogP contribution in [0.25, 0.3) is 0 Å². The van der Waals surface area contributed by atoms with Gasteiger partial charge in [0, 0.05) is 5.56 Å². The maximum absolute atomic E-state index is 11.7. The third-order valence-electron chi connectivity index (χ3n) is 2.18. The van der Waals surface area contributed by atoms with Crippen LogP contribution in [0.5, 0.6) is 0 Å². The molecule has 1 saturated heterocycles. The van der Waals surface area contributed by atoms with Gasteiger partial charge in [-0.05, 0) is 0 Å². The van der Waals surface area contributed by atoms with Gasteiger partial charge >= 0.3 is 0 Å². The first-order valence-corrected chi connectivity index (χ1v) is 4.85. The molecule has 1 fully saturated rings. The average molecular weight is 207 g/mol. The van der Waals surface area contributed by atoms with Crippen molar-refractivity contribution in [1.29, 1.82) is 0 Å². The molecule has 2 atom stereocenters. The maximum Gasteiger partial charge on any atom is 0.206 e. The molecule has 80 valence electrons. The molecule has 1 aliphatic rings. The molecule has 0 saturated carbocycles. The van der Waals surface area contributed by atoms with Crippen molar-refractivity contribution in [3.8, 4) is 0 Å². The standard InChI is InChI=1S/C11H13NO3/c12-11(15-7-9-6-14-9)10(13)8-4-2-1-3-5-8/h1-5,9,11H,6-7,12H2. The number of hydrogen-bond donors (Lipinski definition) is 1. The first-order valence-electron chi connectivity index (χ1n) is 4.85. The van der Waals surface area contributed by atoms with Gasteiger partial charge in [-0.2, -0.15) is 0 Å². The van der Waals surface area contributed by atoms with Gasteiger partial charge in [0.25, 0.3) is 0 Å². The van der Waals surface area contributed by atoms with Crippen molar-refractivity contribution >= 4 is 5.78 Å². The minimum Gasteiger partial charge on any atom is -0.371 e. The first-order chi connectivity index (χ1) is 7.27. The molecule has 0 radical (unpaired) electrons. The Morgan fingerprint density at radius 3 is 2.80 bits per heavy atom. The molecule has 15 heavy (non-hydrogen) atoms. The van der Waals surface area contributed by atoms with Gasteiger partial charge in [0.05, 0.1) is 13.2 Å². The molecular formula is C11H13NO3. The number of ether oxygens (including phenoxy) is 2. The number of benzene rings is 1. The first kappa shape index (κ1) is 10.3. The predicted molar refractivity (Wildman–Crippen MR) is 54.4 cm³/mol. The van der Waals surface area contributed by atoms with Crippen LogP contribution in [0.15, 0.2) is 30.3 Å². The topological polar surface area (TPSA) is 64.8 Å². The van der Waals surface area contributed by atoms with Gasteiger partial charge in [-0.25, -0.2) is 0 Å². The molecule has 2 unspecified atom stereocenters. The Morgan fingerprint density at radius 2 is 2.20 bits per heavy atom. The van der Waals surface area contributed by atoms with E-state index in [0.717, 1.165) is 0 Å². The Balaban J connectivity index is 1.88. The van der Waals surface area contributed by atoms with E-state index < -0.39 is 6.23 Å². The fraction of sp³-hybridized carbons (Fsp3) is 0.364.